The molecule has 26 heavy (non-hydrogen) atoms. The zero-order valence-electron chi connectivity index (χ0n) is 15.1. The molecule has 2 rings (SSSR count). The van der Waals surface area contributed by atoms with Crippen molar-refractivity contribution in [2.45, 2.75) is 33.6 Å². The summed E-state index contributed by atoms with van der Waals surface area (Å²) in [4.78, 5) is 23.9. The minimum atomic E-state index is -0.317. The van der Waals surface area contributed by atoms with Crippen LogP contribution in [-0.2, 0) is 9.59 Å². The van der Waals surface area contributed by atoms with Gasteiger partial charge in [0.05, 0.1) is 6.21 Å². The van der Waals surface area contributed by atoms with Crippen molar-refractivity contribution in [2.24, 2.45) is 5.10 Å². The summed E-state index contributed by atoms with van der Waals surface area (Å²) in [7, 11) is 0. The van der Waals surface area contributed by atoms with E-state index in [1.165, 1.54) is 6.21 Å². The number of halogens is 1. The predicted molar refractivity (Wildman–Crippen MR) is 106 cm³/mol. The second-order valence-corrected chi connectivity index (χ2v) is 6.60. The molecule has 2 N–H and O–H groups in total. The summed E-state index contributed by atoms with van der Waals surface area (Å²) in [5.74, 6) is -0.514. The molecule has 0 aliphatic carbocycles. The Bertz CT molecular complexity index is 806. The predicted octanol–water partition coefficient (Wildman–Crippen LogP) is 4.13. The lowest BCUT2D eigenvalue weighted by Crippen LogP contribution is -2.21. The van der Waals surface area contributed by atoms with Gasteiger partial charge < -0.3 is 5.32 Å². The number of nitrogens with one attached hydrogen (secondary N) is 2. The van der Waals surface area contributed by atoms with Gasteiger partial charge in [0.15, 0.2) is 0 Å². The van der Waals surface area contributed by atoms with Crippen LogP contribution in [0.2, 0.25) is 5.02 Å². The van der Waals surface area contributed by atoms with Crippen LogP contribution in [0, 0.1) is 20.8 Å². The lowest BCUT2D eigenvalue weighted by molar-refractivity contribution is -0.124. The summed E-state index contributed by atoms with van der Waals surface area (Å²) in [6.07, 6.45) is 1.68. The summed E-state index contributed by atoms with van der Waals surface area (Å²) in [5, 5.41) is 7.39. The van der Waals surface area contributed by atoms with E-state index in [9.17, 15) is 9.59 Å². The fourth-order valence-electron chi connectivity index (χ4n) is 2.59. The third-order valence-corrected chi connectivity index (χ3v) is 4.05. The number of benzene rings is 2. The van der Waals surface area contributed by atoms with Crippen LogP contribution in [0.1, 0.15) is 35.1 Å². The number of anilines is 1. The molecule has 136 valence electrons. The SMILES string of the molecule is Cc1cc(C)c(NC(=O)CCC(=O)N/N=C\c2ccc(Cl)cc2)c(C)c1. The van der Waals surface area contributed by atoms with Crippen LogP contribution >= 0.6 is 11.6 Å². The molecule has 0 heterocycles. The van der Waals surface area contributed by atoms with Crippen LogP contribution in [0.5, 0.6) is 0 Å². The Labute approximate surface area is 158 Å². The number of amides is 2. The van der Waals surface area contributed by atoms with Crippen molar-refractivity contribution in [1.82, 2.24) is 5.43 Å². The average Bonchev–Trinajstić information content (AvgIpc) is 2.58. The summed E-state index contributed by atoms with van der Waals surface area (Å²) < 4.78 is 0. The maximum Gasteiger partial charge on any atom is 0.240 e. The van der Waals surface area contributed by atoms with E-state index < -0.39 is 0 Å². The Hall–Kier alpha value is -2.66. The molecule has 2 amide bonds. The molecule has 5 nitrogen and oxygen atoms in total. The molecule has 0 unspecified atom stereocenters. The van der Waals surface area contributed by atoms with Gasteiger partial charge in [0.25, 0.3) is 0 Å². The number of rotatable bonds is 6. The first-order valence-electron chi connectivity index (χ1n) is 8.30. The van der Waals surface area contributed by atoms with Crippen molar-refractivity contribution >= 4 is 35.3 Å². The first-order valence-corrected chi connectivity index (χ1v) is 8.68. The van der Waals surface area contributed by atoms with Crippen LogP contribution < -0.4 is 10.7 Å². The fraction of sp³-hybridized carbons (Fsp3) is 0.250. The highest BCUT2D eigenvalue weighted by atomic mass is 35.5. The Morgan fingerprint density at radius 1 is 1.00 bits per heavy atom. The lowest BCUT2D eigenvalue weighted by Gasteiger charge is -2.12. The minimum absolute atomic E-state index is 0.0632. The van der Waals surface area contributed by atoms with E-state index in [0.29, 0.717) is 5.02 Å². The van der Waals surface area contributed by atoms with Gasteiger partial charge in [-0.2, -0.15) is 5.10 Å². The largest absolute Gasteiger partial charge is 0.326 e. The van der Waals surface area contributed by atoms with Crippen LogP contribution in [0.4, 0.5) is 5.69 Å². The van der Waals surface area contributed by atoms with Gasteiger partial charge in [0.2, 0.25) is 11.8 Å². The summed E-state index contributed by atoms with van der Waals surface area (Å²) in [5.41, 5.74) is 7.20. The average molecular weight is 372 g/mol. The molecule has 0 aliphatic heterocycles. The number of hydrogen-bond donors (Lipinski definition) is 2. The fourth-order valence-corrected chi connectivity index (χ4v) is 2.72. The number of carbonyl (C=O) groups excluding carboxylic acids is 2. The highest BCUT2D eigenvalue weighted by Crippen LogP contribution is 2.22. The monoisotopic (exact) mass is 371 g/mol. The van der Waals surface area contributed by atoms with Crippen LogP contribution in [-0.4, -0.2) is 18.0 Å². The number of aryl methyl sites for hydroxylation is 3. The Morgan fingerprint density at radius 3 is 2.19 bits per heavy atom. The van der Waals surface area contributed by atoms with Crippen molar-refractivity contribution < 1.29 is 9.59 Å². The topological polar surface area (TPSA) is 70.6 Å². The summed E-state index contributed by atoms with van der Waals surface area (Å²) >= 11 is 5.80. The van der Waals surface area contributed by atoms with Crippen molar-refractivity contribution in [3.8, 4) is 0 Å². The van der Waals surface area contributed by atoms with Gasteiger partial charge in [-0.15, -0.1) is 0 Å². The molecule has 0 saturated carbocycles. The van der Waals surface area contributed by atoms with E-state index >= 15 is 0 Å². The van der Waals surface area contributed by atoms with Crippen LogP contribution in [0.3, 0.4) is 0 Å². The molecule has 0 fully saturated rings. The van der Waals surface area contributed by atoms with Gasteiger partial charge in [-0.3, -0.25) is 9.59 Å². The van der Waals surface area contributed by atoms with Gasteiger partial charge in [-0.1, -0.05) is 41.4 Å². The number of hydrogen-bond acceptors (Lipinski definition) is 3. The second kappa shape index (κ2) is 9.15. The van der Waals surface area contributed by atoms with Crippen molar-refractivity contribution in [1.29, 1.82) is 0 Å². The molecule has 0 saturated heterocycles. The van der Waals surface area contributed by atoms with Gasteiger partial charge in [-0.25, -0.2) is 5.43 Å². The van der Waals surface area contributed by atoms with E-state index in [1.807, 2.05) is 32.9 Å². The molecule has 2 aromatic rings. The quantitative estimate of drug-likeness (QED) is 0.592. The Balaban J connectivity index is 1.80. The molecular weight excluding hydrogens is 350 g/mol. The molecule has 0 spiro atoms. The number of nitrogens with zero attached hydrogens (tertiary/aromatic N) is 1. The van der Waals surface area contributed by atoms with Crippen LogP contribution in [0.25, 0.3) is 0 Å². The zero-order valence-corrected chi connectivity index (χ0v) is 15.9. The second-order valence-electron chi connectivity index (χ2n) is 6.17. The van der Waals surface area contributed by atoms with Crippen molar-refractivity contribution in [2.75, 3.05) is 5.32 Å². The third kappa shape index (κ3) is 6.01. The van der Waals surface area contributed by atoms with E-state index in [1.54, 1.807) is 24.3 Å². The first-order chi connectivity index (χ1) is 12.3. The molecular formula is C20H22ClN3O2. The standard InChI is InChI=1S/C20H22ClN3O2/c1-13-10-14(2)20(15(3)11-13)23-18(25)8-9-19(26)24-22-12-16-4-6-17(21)7-5-16/h4-7,10-12H,8-9H2,1-3H3,(H,23,25)(H,24,26)/b22-12-. The molecule has 0 aromatic heterocycles. The van der Waals surface area contributed by atoms with Gasteiger partial charge in [-0.05, 0) is 49.6 Å². The summed E-state index contributed by atoms with van der Waals surface area (Å²) in [6.45, 7) is 5.92. The van der Waals surface area contributed by atoms with E-state index in [-0.39, 0.29) is 24.7 Å². The first kappa shape index (κ1) is 19.7. The minimum Gasteiger partial charge on any atom is -0.326 e. The highest BCUT2D eigenvalue weighted by Gasteiger charge is 2.10. The zero-order chi connectivity index (χ0) is 19.1. The number of carbonyl (C=O) groups is 2. The molecule has 0 bridgehead atoms. The maximum absolute atomic E-state index is 12.1. The lowest BCUT2D eigenvalue weighted by atomic mass is 10.0. The smallest absolute Gasteiger partial charge is 0.240 e. The maximum atomic E-state index is 12.1. The molecule has 0 aliphatic rings. The number of hydrazone groups is 1. The van der Waals surface area contributed by atoms with Crippen LogP contribution in [0.15, 0.2) is 41.5 Å². The normalized spacial score (nSPS) is 10.8. The van der Waals surface area contributed by atoms with Gasteiger partial charge >= 0.3 is 0 Å². The Kier molecular flexibility index (Phi) is 6.92. The Morgan fingerprint density at radius 2 is 1.58 bits per heavy atom. The molecule has 0 radical (unpaired) electrons. The summed E-state index contributed by atoms with van der Waals surface area (Å²) in [6, 6.07) is 11.1. The van der Waals surface area contributed by atoms with E-state index in [0.717, 1.165) is 27.9 Å². The van der Waals surface area contributed by atoms with E-state index in [2.05, 4.69) is 15.8 Å². The molecule has 6 heteroatoms. The van der Waals surface area contributed by atoms with E-state index in [4.69, 9.17) is 11.6 Å². The van der Waals surface area contributed by atoms with Crippen molar-refractivity contribution in [3.05, 3.63) is 63.7 Å². The molecule has 2 aromatic carbocycles. The van der Waals surface area contributed by atoms with Gasteiger partial charge in [0.1, 0.15) is 0 Å². The highest BCUT2D eigenvalue weighted by molar-refractivity contribution is 6.30. The molecule has 0 atom stereocenters. The van der Waals surface area contributed by atoms with Gasteiger partial charge in [0, 0.05) is 23.6 Å². The third-order valence-electron chi connectivity index (χ3n) is 3.79. The van der Waals surface area contributed by atoms with Crippen molar-refractivity contribution in [3.63, 3.8) is 0 Å².